The second-order valence-corrected chi connectivity index (χ2v) is 7.67. The first-order valence-corrected chi connectivity index (χ1v) is 9.82. The van der Waals surface area contributed by atoms with Crippen LogP contribution in [0.15, 0.2) is 27.7 Å². The van der Waals surface area contributed by atoms with E-state index in [2.05, 4.69) is 31.6 Å². The Bertz CT molecular complexity index is 721. The molecule has 5 nitrogen and oxygen atoms in total. The Labute approximate surface area is 146 Å². The molecule has 0 radical (unpaired) electrons. The molecule has 2 fully saturated rings. The summed E-state index contributed by atoms with van der Waals surface area (Å²) in [6.45, 7) is 5.13. The molecule has 0 saturated carbocycles. The van der Waals surface area contributed by atoms with Gasteiger partial charge in [-0.1, -0.05) is 0 Å². The van der Waals surface area contributed by atoms with Gasteiger partial charge in [-0.15, -0.1) is 0 Å². The van der Waals surface area contributed by atoms with Crippen LogP contribution in [-0.2, 0) is 6.54 Å². The number of likely N-dealkylation sites (tertiary alicyclic amines) is 1. The zero-order chi connectivity index (χ0) is 16.4. The average molecular weight is 344 g/mol. The van der Waals surface area contributed by atoms with Crippen molar-refractivity contribution >= 4 is 17.3 Å². The Kier molecular flexibility index (Phi) is 4.67. The first kappa shape index (κ1) is 15.8. The first-order valence-electron chi connectivity index (χ1n) is 8.87. The number of anilines is 1. The molecule has 2 saturated heterocycles. The van der Waals surface area contributed by atoms with Gasteiger partial charge in [0.25, 0.3) is 5.56 Å². The molecular weight excluding hydrogens is 320 g/mol. The van der Waals surface area contributed by atoms with Crippen LogP contribution in [0.2, 0.25) is 0 Å². The van der Waals surface area contributed by atoms with Gasteiger partial charge >= 0.3 is 0 Å². The second kappa shape index (κ2) is 7.07. The maximum atomic E-state index is 12.1. The number of hydrogen-bond acceptors (Lipinski definition) is 5. The topological polar surface area (TPSA) is 52.2 Å². The SMILES string of the molecule is O=c1cc(C2CCCN(Cc3ccsc3)C2)nc(N2CCCC2)[nH]1. The minimum absolute atomic E-state index is 0.0168. The molecule has 6 heteroatoms. The van der Waals surface area contributed by atoms with E-state index in [0.717, 1.165) is 50.8 Å². The van der Waals surface area contributed by atoms with E-state index < -0.39 is 0 Å². The lowest BCUT2D eigenvalue weighted by atomic mass is 9.94. The van der Waals surface area contributed by atoms with Gasteiger partial charge in [0.1, 0.15) is 0 Å². The standard InChI is InChI=1S/C18H24N4OS/c23-17-10-16(19-18(20-17)22-7-1-2-8-22)15-4-3-6-21(12-15)11-14-5-9-24-13-14/h5,9-10,13,15H,1-4,6-8,11-12H2,(H,19,20,23). The monoisotopic (exact) mass is 344 g/mol. The number of H-pyrrole nitrogens is 1. The van der Waals surface area contributed by atoms with Crippen molar-refractivity contribution in [2.24, 2.45) is 0 Å². The number of nitrogens with one attached hydrogen (secondary N) is 1. The van der Waals surface area contributed by atoms with Crippen LogP contribution in [0, 0.1) is 0 Å². The molecule has 2 aromatic rings. The van der Waals surface area contributed by atoms with Crippen molar-refractivity contribution in [3.8, 4) is 0 Å². The average Bonchev–Trinajstić information content (AvgIpc) is 3.28. The maximum absolute atomic E-state index is 12.1. The van der Waals surface area contributed by atoms with E-state index in [9.17, 15) is 4.79 Å². The number of thiophene rings is 1. The number of aromatic nitrogens is 2. The van der Waals surface area contributed by atoms with Gasteiger partial charge < -0.3 is 4.90 Å². The third-order valence-electron chi connectivity index (χ3n) is 5.06. The lowest BCUT2D eigenvalue weighted by Crippen LogP contribution is -2.35. The Morgan fingerprint density at radius 1 is 1.25 bits per heavy atom. The summed E-state index contributed by atoms with van der Waals surface area (Å²) in [5.41, 5.74) is 2.34. The van der Waals surface area contributed by atoms with Gasteiger partial charge in [-0.3, -0.25) is 14.7 Å². The molecule has 2 aromatic heterocycles. The zero-order valence-corrected chi connectivity index (χ0v) is 14.7. The van der Waals surface area contributed by atoms with Crippen molar-refractivity contribution in [3.05, 3.63) is 44.5 Å². The van der Waals surface area contributed by atoms with Crippen molar-refractivity contribution in [3.63, 3.8) is 0 Å². The molecule has 128 valence electrons. The smallest absolute Gasteiger partial charge is 0.252 e. The number of hydrogen-bond donors (Lipinski definition) is 1. The molecule has 24 heavy (non-hydrogen) atoms. The van der Waals surface area contributed by atoms with Crippen LogP contribution in [0.25, 0.3) is 0 Å². The van der Waals surface area contributed by atoms with E-state index >= 15 is 0 Å². The van der Waals surface area contributed by atoms with Crippen molar-refractivity contribution < 1.29 is 0 Å². The number of piperidine rings is 1. The third-order valence-corrected chi connectivity index (χ3v) is 5.80. The van der Waals surface area contributed by atoms with Gasteiger partial charge in [-0.05, 0) is 54.6 Å². The first-order chi connectivity index (χ1) is 11.8. The highest BCUT2D eigenvalue weighted by Crippen LogP contribution is 2.27. The van der Waals surface area contributed by atoms with Crippen LogP contribution in [0.3, 0.4) is 0 Å². The van der Waals surface area contributed by atoms with Crippen LogP contribution in [0.4, 0.5) is 5.95 Å². The van der Waals surface area contributed by atoms with E-state index in [4.69, 9.17) is 4.98 Å². The molecule has 1 atom stereocenters. The summed E-state index contributed by atoms with van der Waals surface area (Å²) in [5.74, 6) is 1.13. The van der Waals surface area contributed by atoms with E-state index in [1.54, 1.807) is 17.4 Å². The zero-order valence-electron chi connectivity index (χ0n) is 13.9. The summed E-state index contributed by atoms with van der Waals surface area (Å²) in [4.78, 5) is 24.6. The fourth-order valence-corrected chi connectivity index (χ4v) is 4.49. The highest BCUT2D eigenvalue weighted by atomic mass is 32.1. The van der Waals surface area contributed by atoms with E-state index in [1.807, 2.05) is 0 Å². The minimum Gasteiger partial charge on any atom is -0.342 e. The summed E-state index contributed by atoms with van der Waals surface area (Å²) in [6, 6.07) is 3.91. The molecule has 4 rings (SSSR count). The van der Waals surface area contributed by atoms with Crippen LogP contribution >= 0.6 is 11.3 Å². The highest BCUT2D eigenvalue weighted by molar-refractivity contribution is 7.07. The van der Waals surface area contributed by atoms with Crippen molar-refractivity contribution in [2.75, 3.05) is 31.1 Å². The quantitative estimate of drug-likeness (QED) is 0.927. The Balaban J connectivity index is 1.51. The van der Waals surface area contributed by atoms with E-state index in [1.165, 1.54) is 24.8 Å². The summed E-state index contributed by atoms with van der Waals surface area (Å²) in [7, 11) is 0. The summed E-state index contributed by atoms with van der Waals surface area (Å²) in [5, 5.41) is 4.36. The van der Waals surface area contributed by atoms with Crippen LogP contribution < -0.4 is 10.5 Å². The number of nitrogens with zero attached hydrogens (tertiary/aromatic N) is 3. The maximum Gasteiger partial charge on any atom is 0.252 e. The predicted octanol–water partition coefficient (Wildman–Crippen LogP) is 2.81. The van der Waals surface area contributed by atoms with E-state index in [-0.39, 0.29) is 5.56 Å². The Morgan fingerprint density at radius 3 is 2.92 bits per heavy atom. The Hall–Kier alpha value is -1.66. The molecule has 2 aliphatic rings. The Morgan fingerprint density at radius 2 is 2.12 bits per heavy atom. The van der Waals surface area contributed by atoms with Crippen molar-refractivity contribution in [2.45, 2.75) is 38.1 Å². The van der Waals surface area contributed by atoms with Crippen LogP contribution in [-0.4, -0.2) is 41.0 Å². The molecule has 4 heterocycles. The van der Waals surface area contributed by atoms with Crippen molar-refractivity contribution in [1.29, 1.82) is 0 Å². The second-order valence-electron chi connectivity index (χ2n) is 6.89. The fraction of sp³-hybridized carbons (Fsp3) is 0.556. The normalized spacial score (nSPS) is 22.2. The van der Waals surface area contributed by atoms with Gasteiger partial charge in [0.15, 0.2) is 0 Å². The molecule has 1 N–H and O–H groups in total. The fourth-order valence-electron chi connectivity index (χ4n) is 3.83. The summed E-state index contributed by atoms with van der Waals surface area (Å²) in [6.07, 6.45) is 4.66. The van der Waals surface area contributed by atoms with Gasteiger partial charge in [0.05, 0.1) is 5.69 Å². The summed E-state index contributed by atoms with van der Waals surface area (Å²) >= 11 is 1.75. The van der Waals surface area contributed by atoms with Gasteiger partial charge in [0, 0.05) is 38.2 Å². The predicted molar refractivity (Wildman–Crippen MR) is 97.9 cm³/mol. The lowest BCUT2D eigenvalue weighted by molar-refractivity contribution is 0.198. The molecule has 1 unspecified atom stereocenters. The van der Waals surface area contributed by atoms with Crippen LogP contribution in [0.5, 0.6) is 0 Å². The molecular formula is C18H24N4OS. The van der Waals surface area contributed by atoms with Gasteiger partial charge in [-0.25, -0.2) is 4.98 Å². The highest BCUT2D eigenvalue weighted by Gasteiger charge is 2.24. The molecule has 0 aromatic carbocycles. The van der Waals surface area contributed by atoms with E-state index in [0.29, 0.717) is 5.92 Å². The van der Waals surface area contributed by atoms with Crippen molar-refractivity contribution in [1.82, 2.24) is 14.9 Å². The molecule has 0 aliphatic carbocycles. The molecule has 0 spiro atoms. The van der Waals surface area contributed by atoms with Gasteiger partial charge in [0.2, 0.25) is 5.95 Å². The lowest BCUT2D eigenvalue weighted by Gasteiger charge is -2.32. The molecule has 2 aliphatic heterocycles. The van der Waals surface area contributed by atoms with Crippen LogP contribution in [0.1, 0.15) is 42.9 Å². The minimum atomic E-state index is -0.0168. The molecule has 0 amide bonds. The third kappa shape index (κ3) is 3.54. The number of aromatic amines is 1. The summed E-state index contributed by atoms with van der Waals surface area (Å²) < 4.78 is 0. The molecule has 0 bridgehead atoms. The number of rotatable bonds is 4. The largest absolute Gasteiger partial charge is 0.342 e. The van der Waals surface area contributed by atoms with Gasteiger partial charge in [-0.2, -0.15) is 11.3 Å².